The summed E-state index contributed by atoms with van der Waals surface area (Å²) in [5, 5.41) is 10.3. The van der Waals surface area contributed by atoms with E-state index in [-0.39, 0.29) is 5.92 Å². The van der Waals surface area contributed by atoms with Gasteiger partial charge in [-0.1, -0.05) is 0 Å². The van der Waals surface area contributed by atoms with Gasteiger partial charge < -0.3 is 5.11 Å². The van der Waals surface area contributed by atoms with Crippen molar-refractivity contribution in [3.8, 4) is 0 Å². The molecule has 0 aliphatic carbocycles. The molecule has 0 radical (unpaired) electrons. The number of hydrogen-bond donors (Lipinski definition) is 2. The molecule has 2 N–H and O–H groups in total. The van der Waals surface area contributed by atoms with E-state index >= 15 is 0 Å². The summed E-state index contributed by atoms with van der Waals surface area (Å²) in [5.74, 6) is -0.848. The van der Waals surface area contributed by atoms with Crippen LogP contribution in [0.15, 0.2) is 0 Å². The van der Waals surface area contributed by atoms with E-state index < -0.39 is 5.97 Å². The molecule has 0 spiro atoms. The van der Waals surface area contributed by atoms with Crippen LogP contribution in [0.25, 0.3) is 0 Å². The Kier molecular flexibility index (Phi) is 1.68. The smallest absolute Gasteiger partial charge is 0.309 e. The van der Waals surface area contributed by atoms with Crippen LogP contribution in [0, 0.1) is 5.92 Å². The SMILES string of the molecule is CNN1CC(C(=O)O)C1. The lowest BCUT2D eigenvalue weighted by Crippen LogP contribution is -2.55. The van der Waals surface area contributed by atoms with E-state index in [0.717, 1.165) is 0 Å². The molecular formula is C5H10N2O2. The van der Waals surface area contributed by atoms with Gasteiger partial charge in [0.25, 0.3) is 0 Å². The van der Waals surface area contributed by atoms with Gasteiger partial charge in [0.1, 0.15) is 0 Å². The van der Waals surface area contributed by atoms with E-state index in [2.05, 4.69) is 5.43 Å². The summed E-state index contributed by atoms with van der Waals surface area (Å²) in [4.78, 5) is 10.2. The van der Waals surface area contributed by atoms with Gasteiger partial charge in [-0.15, -0.1) is 0 Å². The maximum absolute atomic E-state index is 10.2. The van der Waals surface area contributed by atoms with Crippen molar-refractivity contribution in [1.29, 1.82) is 0 Å². The van der Waals surface area contributed by atoms with E-state index in [9.17, 15) is 4.79 Å². The van der Waals surface area contributed by atoms with Crippen molar-refractivity contribution in [2.45, 2.75) is 0 Å². The number of hydrogen-bond acceptors (Lipinski definition) is 3. The van der Waals surface area contributed by atoms with Crippen molar-refractivity contribution in [3.63, 3.8) is 0 Å². The van der Waals surface area contributed by atoms with Crippen molar-refractivity contribution >= 4 is 5.97 Å². The highest BCUT2D eigenvalue weighted by Crippen LogP contribution is 2.11. The molecule has 0 atom stereocenters. The molecule has 0 unspecified atom stereocenters. The first kappa shape index (κ1) is 6.51. The maximum Gasteiger partial charge on any atom is 0.309 e. The van der Waals surface area contributed by atoms with Crippen LogP contribution >= 0.6 is 0 Å². The zero-order valence-corrected chi connectivity index (χ0v) is 5.29. The lowest BCUT2D eigenvalue weighted by atomic mass is 10.0. The number of carbonyl (C=O) groups is 1. The van der Waals surface area contributed by atoms with E-state index in [4.69, 9.17) is 5.11 Å². The third-order valence-electron chi connectivity index (χ3n) is 1.55. The average Bonchev–Trinajstić information content (AvgIpc) is 1.61. The summed E-state index contributed by atoms with van der Waals surface area (Å²) >= 11 is 0. The largest absolute Gasteiger partial charge is 0.481 e. The highest BCUT2D eigenvalue weighted by Gasteiger charge is 2.31. The number of nitrogens with one attached hydrogen (secondary N) is 1. The lowest BCUT2D eigenvalue weighted by Gasteiger charge is -2.35. The molecule has 0 aromatic rings. The molecule has 0 amide bonds. The van der Waals surface area contributed by atoms with Crippen LogP contribution in [0.2, 0.25) is 0 Å². The minimum Gasteiger partial charge on any atom is -0.481 e. The Balaban J connectivity index is 2.19. The Morgan fingerprint density at radius 3 is 2.67 bits per heavy atom. The van der Waals surface area contributed by atoms with Gasteiger partial charge in [-0.2, -0.15) is 0 Å². The number of aliphatic carboxylic acids is 1. The molecule has 0 aromatic carbocycles. The van der Waals surface area contributed by atoms with Gasteiger partial charge in [0.2, 0.25) is 0 Å². The van der Waals surface area contributed by atoms with Crippen LogP contribution < -0.4 is 5.43 Å². The van der Waals surface area contributed by atoms with Crippen molar-refractivity contribution in [2.75, 3.05) is 20.1 Å². The molecule has 1 heterocycles. The molecule has 52 valence electrons. The second-order valence-electron chi connectivity index (χ2n) is 2.16. The van der Waals surface area contributed by atoms with Gasteiger partial charge in [-0.3, -0.25) is 10.2 Å². The summed E-state index contributed by atoms with van der Waals surface area (Å²) in [6, 6.07) is 0. The molecule has 1 rings (SSSR count). The monoisotopic (exact) mass is 130 g/mol. The minimum atomic E-state index is -0.693. The molecule has 9 heavy (non-hydrogen) atoms. The van der Waals surface area contributed by atoms with E-state index in [0.29, 0.717) is 13.1 Å². The standard InChI is InChI=1S/C5H10N2O2/c1-6-7-2-4(3-7)5(8)9/h4,6H,2-3H2,1H3,(H,8,9). The van der Waals surface area contributed by atoms with Gasteiger partial charge in [0.15, 0.2) is 0 Å². The fourth-order valence-electron chi connectivity index (χ4n) is 0.817. The third-order valence-corrected chi connectivity index (χ3v) is 1.55. The molecule has 1 fully saturated rings. The second kappa shape index (κ2) is 2.33. The zero-order valence-electron chi connectivity index (χ0n) is 5.29. The summed E-state index contributed by atoms with van der Waals surface area (Å²) in [6.45, 7) is 1.26. The Bertz CT molecular complexity index is 120. The minimum absolute atomic E-state index is 0.155. The van der Waals surface area contributed by atoms with Gasteiger partial charge >= 0.3 is 5.97 Å². The molecule has 1 saturated heterocycles. The van der Waals surface area contributed by atoms with Crippen LogP contribution in [0.5, 0.6) is 0 Å². The van der Waals surface area contributed by atoms with Crippen LogP contribution in [0.1, 0.15) is 0 Å². The summed E-state index contributed by atoms with van der Waals surface area (Å²) in [6.07, 6.45) is 0. The number of nitrogens with zero attached hydrogens (tertiary/aromatic N) is 1. The van der Waals surface area contributed by atoms with Gasteiger partial charge in [0, 0.05) is 13.1 Å². The van der Waals surface area contributed by atoms with Crippen LogP contribution in [0.3, 0.4) is 0 Å². The Hall–Kier alpha value is -0.610. The molecule has 1 aliphatic rings. The number of hydrazine groups is 1. The van der Waals surface area contributed by atoms with E-state index in [1.807, 2.05) is 5.01 Å². The average molecular weight is 130 g/mol. The Labute approximate surface area is 53.4 Å². The quantitative estimate of drug-likeness (QED) is 0.510. The summed E-state index contributed by atoms with van der Waals surface area (Å²) < 4.78 is 0. The van der Waals surface area contributed by atoms with Gasteiger partial charge in [-0.05, 0) is 7.05 Å². The highest BCUT2D eigenvalue weighted by atomic mass is 16.4. The van der Waals surface area contributed by atoms with Crippen LogP contribution in [0.4, 0.5) is 0 Å². The fourth-order valence-corrected chi connectivity index (χ4v) is 0.817. The van der Waals surface area contributed by atoms with Gasteiger partial charge in [-0.25, -0.2) is 5.01 Å². The Morgan fingerprint density at radius 1 is 1.78 bits per heavy atom. The second-order valence-corrected chi connectivity index (χ2v) is 2.16. The molecule has 4 nitrogen and oxygen atoms in total. The topological polar surface area (TPSA) is 52.6 Å². The lowest BCUT2D eigenvalue weighted by molar-refractivity contribution is -0.148. The molecule has 0 bridgehead atoms. The number of carboxylic acid groups (broad SMARTS) is 1. The molecule has 0 aromatic heterocycles. The Morgan fingerprint density at radius 2 is 2.33 bits per heavy atom. The number of carboxylic acids is 1. The normalized spacial score (nSPS) is 21.4. The molecule has 0 saturated carbocycles. The predicted molar refractivity (Wildman–Crippen MR) is 31.8 cm³/mol. The zero-order chi connectivity index (χ0) is 6.85. The first-order chi connectivity index (χ1) is 4.24. The van der Waals surface area contributed by atoms with Crippen LogP contribution in [-0.4, -0.2) is 36.2 Å². The summed E-state index contributed by atoms with van der Waals surface area (Å²) in [7, 11) is 1.79. The van der Waals surface area contributed by atoms with Crippen molar-refractivity contribution < 1.29 is 9.90 Å². The van der Waals surface area contributed by atoms with Crippen molar-refractivity contribution in [1.82, 2.24) is 10.4 Å². The fraction of sp³-hybridized carbons (Fsp3) is 0.800. The van der Waals surface area contributed by atoms with Crippen LogP contribution in [-0.2, 0) is 4.79 Å². The van der Waals surface area contributed by atoms with E-state index in [1.54, 1.807) is 7.05 Å². The predicted octanol–water partition coefficient (Wildman–Crippen LogP) is -0.863. The molecule has 1 aliphatic heterocycles. The summed E-state index contributed by atoms with van der Waals surface area (Å²) in [5.41, 5.74) is 2.86. The first-order valence-corrected chi connectivity index (χ1v) is 2.89. The molecular weight excluding hydrogens is 120 g/mol. The van der Waals surface area contributed by atoms with Crippen molar-refractivity contribution in [2.24, 2.45) is 5.92 Å². The van der Waals surface area contributed by atoms with Crippen molar-refractivity contribution in [3.05, 3.63) is 0 Å². The third kappa shape index (κ3) is 1.20. The first-order valence-electron chi connectivity index (χ1n) is 2.89. The number of rotatable bonds is 2. The van der Waals surface area contributed by atoms with E-state index in [1.165, 1.54) is 0 Å². The molecule has 4 heteroatoms. The highest BCUT2D eigenvalue weighted by molar-refractivity contribution is 5.71. The van der Waals surface area contributed by atoms with Gasteiger partial charge in [0.05, 0.1) is 5.92 Å². The maximum atomic E-state index is 10.2.